The number of thiazole rings is 2. The van der Waals surface area contributed by atoms with Crippen molar-refractivity contribution in [3.8, 4) is 21.8 Å². The molecule has 5 rings (SSSR count). The topological polar surface area (TPSA) is 59.3 Å². The number of halogens is 1. The Morgan fingerprint density at radius 3 is 2.55 bits per heavy atom. The van der Waals surface area contributed by atoms with Gasteiger partial charge in [0.05, 0.1) is 12.1 Å². The lowest BCUT2D eigenvalue weighted by Crippen LogP contribution is -2.16. The van der Waals surface area contributed by atoms with Gasteiger partial charge in [-0.3, -0.25) is 9.20 Å². The predicted octanol–water partition coefficient (Wildman–Crippen LogP) is 5.82. The first kappa shape index (κ1) is 19.6. The molecular formula is C23H17FN4OS2. The monoisotopic (exact) mass is 448 g/mol. The van der Waals surface area contributed by atoms with Crippen molar-refractivity contribution in [2.24, 2.45) is 0 Å². The van der Waals surface area contributed by atoms with E-state index in [1.807, 2.05) is 52.5 Å². The van der Waals surface area contributed by atoms with E-state index in [-0.39, 0.29) is 18.1 Å². The summed E-state index contributed by atoms with van der Waals surface area (Å²) in [6.45, 7) is 2.04. The summed E-state index contributed by atoms with van der Waals surface area (Å²) in [4.78, 5) is 22.8. The Morgan fingerprint density at radius 1 is 1.03 bits per heavy atom. The van der Waals surface area contributed by atoms with Gasteiger partial charge in [0.25, 0.3) is 0 Å². The van der Waals surface area contributed by atoms with Crippen LogP contribution in [0.25, 0.3) is 26.8 Å². The molecular weight excluding hydrogens is 431 g/mol. The summed E-state index contributed by atoms with van der Waals surface area (Å²) in [7, 11) is 0. The lowest BCUT2D eigenvalue weighted by atomic mass is 10.1. The van der Waals surface area contributed by atoms with Gasteiger partial charge in [-0.2, -0.15) is 0 Å². The highest BCUT2D eigenvalue weighted by atomic mass is 32.1. The summed E-state index contributed by atoms with van der Waals surface area (Å²) >= 11 is 2.99. The summed E-state index contributed by atoms with van der Waals surface area (Å²) in [6, 6.07) is 14.3. The molecule has 31 heavy (non-hydrogen) atoms. The molecule has 0 atom stereocenters. The first-order valence-corrected chi connectivity index (χ1v) is 11.4. The second-order valence-corrected chi connectivity index (χ2v) is 8.84. The summed E-state index contributed by atoms with van der Waals surface area (Å²) in [5.74, 6) is 0.0715. The standard InChI is InChI=1S/C23H17FN4OS2/c1-14-2-4-16(5-3-14)22-25-18(13-31-22)12-19(29)26-21-20(15-6-8-17(24)9-7-15)27-23-28(21)10-11-30-23/h2-11,13H,12H2,1H3,(H,26,29). The molecule has 0 saturated heterocycles. The lowest BCUT2D eigenvalue weighted by Gasteiger charge is -2.06. The first-order valence-electron chi connectivity index (χ1n) is 9.59. The van der Waals surface area contributed by atoms with Crippen LogP contribution in [0, 0.1) is 12.7 Å². The van der Waals surface area contributed by atoms with E-state index < -0.39 is 0 Å². The molecule has 0 unspecified atom stereocenters. The van der Waals surface area contributed by atoms with Crippen LogP contribution in [0.5, 0.6) is 0 Å². The van der Waals surface area contributed by atoms with Gasteiger partial charge in [-0.1, -0.05) is 29.8 Å². The Hall–Kier alpha value is -3.36. The summed E-state index contributed by atoms with van der Waals surface area (Å²) in [5.41, 5.74) is 4.29. The van der Waals surface area contributed by atoms with Crippen molar-refractivity contribution < 1.29 is 9.18 Å². The number of hydrogen-bond acceptors (Lipinski definition) is 5. The largest absolute Gasteiger partial charge is 0.310 e. The molecule has 0 bridgehead atoms. The molecule has 3 aromatic heterocycles. The van der Waals surface area contributed by atoms with Crippen LogP contribution in [0.15, 0.2) is 65.5 Å². The van der Waals surface area contributed by atoms with Gasteiger partial charge in [-0.05, 0) is 31.2 Å². The number of aromatic nitrogens is 3. The maximum absolute atomic E-state index is 13.3. The highest BCUT2D eigenvalue weighted by molar-refractivity contribution is 7.15. The zero-order valence-electron chi connectivity index (χ0n) is 16.5. The molecule has 1 N–H and O–H groups in total. The molecule has 2 aromatic carbocycles. The molecule has 0 aliphatic carbocycles. The molecule has 154 valence electrons. The molecule has 8 heteroatoms. The van der Waals surface area contributed by atoms with Crippen molar-refractivity contribution in [1.29, 1.82) is 0 Å². The van der Waals surface area contributed by atoms with Crippen LogP contribution in [0.4, 0.5) is 10.2 Å². The van der Waals surface area contributed by atoms with Gasteiger partial charge >= 0.3 is 0 Å². The number of carbonyl (C=O) groups is 1. The van der Waals surface area contributed by atoms with E-state index >= 15 is 0 Å². The van der Waals surface area contributed by atoms with E-state index in [1.54, 1.807) is 12.1 Å². The number of benzene rings is 2. The van der Waals surface area contributed by atoms with Crippen LogP contribution in [0.3, 0.4) is 0 Å². The Bertz CT molecular complexity index is 1370. The van der Waals surface area contributed by atoms with Gasteiger partial charge in [0.15, 0.2) is 4.96 Å². The van der Waals surface area contributed by atoms with Crippen molar-refractivity contribution in [3.05, 3.63) is 82.6 Å². The van der Waals surface area contributed by atoms with Crippen molar-refractivity contribution in [1.82, 2.24) is 14.4 Å². The third-order valence-electron chi connectivity index (χ3n) is 4.83. The molecule has 0 fully saturated rings. The maximum Gasteiger partial charge on any atom is 0.231 e. The Morgan fingerprint density at radius 2 is 1.77 bits per heavy atom. The minimum absolute atomic E-state index is 0.155. The van der Waals surface area contributed by atoms with E-state index in [9.17, 15) is 9.18 Å². The van der Waals surface area contributed by atoms with Gasteiger partial charge in [-0.25, -0.2) is 14.4 Å². The molecule has 3 heterocycles. The third-order valence-corrected chi connectivity index (χ3v) is 6.53. The van der Waals surface area contributed by atoms with Gasteiger partial charge in [0.1, 0.15) is 22.3 Å². The average molecular weight is 449 g/mol. The zero-order chi connectivity index (χ0) is 21.4. The van der Waals surface area contributed by atoms with E-state index in [1.165, 1.54) is 40.4 Å². The van der Waals surface area contributed by atoms with Crippen molar-refractivity contribution in [3.63, 3.8) is 0 Å². The number of hydrogen-bond donors (Lipinski definition) is 1. The van der Waals surface area contributed by atoms with Crippen LogP contribution in [-0.2, 0) is 11.2 Å². The molecule has 0 aliphatic heterocycles. The van der Waals surface area contributed by atoms with Gasteiger partial charge in [0, 0.05) is 28.1 Å². The van der Waals surface area contributed by atoms with Crippen LogP contribution < -0.4 is 5.32 Å². The molecule has 1 amide bonds. The number of aryl methyl sites for hydroxylation is 1. The highest BCUT2D eigenvalue weighted by Gasteiger charge is 2.18. The number of carbonyl (C=O) groups excluding carboxylic acids is 1. The number of nitrogens with zero attached hydrogens (tertiary/aromatic N) is 3. The molecule has 0 spiro atoms. The number of anilines is 1. The maximum atomic E-state index is 13.3. The fraction of sp³-hybridized carbons (Fsp3) is 0.0870. The van der Waals surface area contributed by atoms with E-state index in [0.717, 1.165) is 21.1 Å². The fourth-order valence-electron chi connectivity index (χ4n) is 3.27. The van der Waals surface area contributed by atoms with Crippen LogP contribution in [0.1, 0.15) is 11.3 Å². The average Bonchev–Trinajstić information content (AvgIpc) is 3.47. The molecule has 5 aromatic rings. The second kappa shape index (κ2) is 8.05. The number of imidazole rings is 1. The van der Waals surface area contributed by atoms with Crippen molar-refractivity contribution in [2.75, 3.05) is 5.32 Å². The van der Waals surface area contributed by atoms with E-state index in [0.29, 0.717) is 17.2 Å². The molecule has 5 nitrogen and oxygen atoms in total. The minimum atomic E-state index is -0.316. The van der Waals surface area contributed by atoms with Gasteiger partial charge in [-0.15, -0.1) is 22.7 Å². The summed E-state index contributed by atoms with van der Waals surface area (Å²) < 4.78 is 15.2. The quantitative estimate of drug-likeness (QED) is 0.369. The Balaban J connectivity index is 1.38. The van der Waals surface area contributed by atoms with Crippen LogP contribution in [-0.4, -0.2) is 20.3 Å². The zero-order valence-corrected chi connectivity index (χ0v) is 18.1. The smallest absolute Gasteiger partial charge is 0.231 e. The van der Waals surface area contributed by atoms with E-state index in [2.05, 4.69) is 15.3 Å². The summed E-state index contributed by atoms with van der Waals surface area (Å²) in [6.07, 6.45) is 2.01. The van der Waals surface area contributed by atoms with Crippen LogP contribution >= 0.6 is 22.7 Å². The minimum Gasteiger partial charge on any atom is -0.310 e. The van der Waals surface area contributed by atoms with Gasteiger partial charge in [0.2, 0.25) is 5.91 Å². The summed E-state index contributed by atoms with van der Waals surface area (Å²) in [5, 5.41) is 7.68. The first-order chi connectivity index (χ1) is 15.1. The van der Waals surface area contributed by atoms with Crippen molar-refractivity contribution >= 4 is 39.4 Å². The fourth-order valence-corrected chi connectivity index (χ4v) is 4.81. The number of fused-ring (bicyclic) bond motifs is 1. The number of amides is 1. The Kier molecular flexibility index (Phi) is 5.09. The Labute approximate surface area is 185 Å². The number of rotatable bonds is 5. The van der Waals surface area contributed by atoms with E-state index in [4.69, 9.17) is 0 Å². The third kappa shape index (κ3) is 3.99. The number of nitrogens with one attached hydrogen (secondary N) is 1. The molecule has 0 radical (unpaired) electrons. The van der Waals surface area contributed by atoms with Crippen molar-refractivity contribution in [2.45, 2.75) is 13.3 Å². The normalized spacial score (nSPS) is 11.2. The van der Waals surface area contributed by atoms with Gasteiger partial charge < -0.3 is 5.32 Å². The highest BCUT2D eigenvalue weighted by Crippen LogP contribution is 2.31. The molecule has 0 aliphatic rings. The second-order valence-electron chi connectivity index (χ2n) is 7.11. The molecule has 0 saturated carbocycles. The predicted molar refractivity (Wildman–Crippen MR) is 123 cm³/mol. The SMILES string of the molecule is Cc1ccc(-c2nc(CC(=O)Nc3c(-c4ccc(F)cc4)nc4sccn34)cs2)cc1. The van der Waals surface area contributed by atoms with Crippen LogP contribution in [0.2, 0.25) is 0 Å². The lowest BCUT2D eigenvalue weighted by molar-refractivity contribution is -0.115.